The van der Waals surface area contributed by atoms with Crippen molar-refractivity contribution in [2.75, 3.05) is 37.7 Å². The zero-order chi connectivity index (χ0) is 18.5. The second kappa shape index (κ2) is 8.01. The number of nitro benzene ring substituents is 1. The molecule has 0 radical (unpaired) electrons. The van der Waals surface area contributed by atoms with E-state index in [4.69, 9.17) is 16.3 Å². The monoisotopic (exact) mass is 376 g/mol. The van der Waals surface area contributed by atoms with Crippen molar-refractivity contribution in [1.82, 2.24) is 9.88 Å². The SMILES string of the molecule is O=C(COc1ccc(Cl)cc1[N+](=O)[O-])N1CCN(c2ccccn2)CC1. The number of hydrogen-bond donors (Lipinski definition) is 0. The molecule has 8 nitrogen and oxygen atoms in total. The van der Waals surface area contributed by atoms with Crippen molar-refractivity contribution in [2.24, 2.45) is 0 Å². The maximum absolute atomic E-state index is 12.3. The van der Waals surface area contributed by atoms with E-state index in [2.05, 4.69) is 9.88 Å². The number of piperazine rings is 1. The number of rotatable bonds is 5. The van der Waals surface area contributed by atoms with Gasteiger partial charge in [0.15, 0.2) is 12.4 Å². The van der Waals surface area contributed by atoms with E-state index in [0.29, 0.717) is 26.2 Å². The van der Waals surface area contributed by atoms with E-state index in [-0.39, 0.29) is 29.0 Å². The highest BCUT2D eigenvalue weighted by molar-refractivity contribution is 6.30. The number of aromatic nitrogens is 1. The van der Waals surface area contributed by atoms with Gasteiger partial charge in [0.25, 0.3) is 5.91 Å². The van der Waals surface area contributed by atoms with Gasteiger partial charge in [-0.1, -0.05) is 17.7 Å². The lowest BCUT2D eigenvalue weighted by Gasteiger charge is -2.35. The molecule has 3 rings (SSSR count). The van der Waals surface area contributed by atoms with Gasteiger partial charge in [-0.15, -0.1) is 0 Å². The third kappa shape index (κ3) is 4.20. The van der Waals surface area contributed by atoms with Crippen LogP contribution >= 0.6 is 11.6 Å². The number of nitro groups is 1. The Kier molecular flexibility index (Phi) is 5.52. The van der Waals surface area contributed by atoms with Crippen LogP contribution in [0.15, 0.2) is 42.6 Å². The fraction of sp³-hybridized carbons (Fsp3) is 0.294. The molecule has 0 aliphatic carbocycles. The van der Waals surface area contributed by atoms with Gasteiger partial charge in [-0.05, 0) is 24.3 Å². The molecule has 26 heavy (non-hydrogen) atoms. The molecule has 0 saturated carbocycles. The summed E-state index contributed by atoms with van der Waals surface area (Å²) in [7, 11) is 0. The summed E-state index contributed by atoms with van der Waals surface area (Å²) in [5, 5.41) is 11.3. The Hall–Kier alpha value is -2.87. The largest absolute Gasteiger partial charge is 0.477 e. The second-order valence-electron chi connectivity index (χ2n) is 5.71. The number of anilines is 1. The molecule has 1 aliphatic rings. The van der Waals surface area contributed by atoms with Gasteiger partial charge >= 0.3 is 5.69 Å². The van der Waals surface area contributed by atoms with Crippen molar-refractivity contribution in [1.29, 1.82) is 0 Å². The third-order valence-electron chi connectivity index (χ3n) is 4.07. The van der Waals surface area contributed by atoms with Gasteiger partial charge in [0, 0.05) is 43.5 Å². The molecule has 136 valence electrons. The number of nitrogens with zero attached hydrogens (tertiary/aromatic N) is 4. The molecule has 1 saturated heterocycles. The first-order valence-electron chi connectivity index (χ1n) is 8.05. The number of ether oxygens (including phenoxy) is 1. The van der Waals surface area contributed by atoms with E-state index in [1.54, 1.807) is 11.1 Å². The summed E-state index contributed by atoms with van der Waals surface area (Å²) in [6, 6.07) is 9.79. The molecule has 1 amide bonds. The highest BCUT2D eigenvalue weighted by Gasteiger charge is 2.23. The van der Waals surface area contributed by atoms with Crippen LogP contribution in [0.5, 0.6) is 5.75 Å². The fourth-order valence-corrected chi connectivity index (χ4v) is 2.88. The molecule has 0 bridgehead atoms. The Morgan fingerprint density at radius 3 is 2.65 bits per heavy atom. The number of amides is 1. The van der Waals surface area contributed by atoms with Crippen LogP contribution in [0, 0.1) is 10.1 Å². The molecule has 1 fully saturated rings. The molecule has 1 aromatic carbocycles. The lowest BCUT2D eigenvalue weighted by molar-refractivity contribution is -0.385. The first-order valence-corrected chi connectivity index (χ1v) is 8.43. The first-order chi connectivity index (χ1) is 12.5. The van der Waals surface area contributed by atoms with Gasteiger partial charge in [-0.3, -0.25) is 14.9 Å². The topological polar surface area (TPSA) is 88.8 Å². The van der Waals surface area contributed by atoms with Gasteiger partial charge in [0.2, 0.25) is 0 Å². The minimum atomic E-state index is -0.586. The van der Waals surface area contributed by atoms with Crippen LogP contribution in [0.3, 0.4) is 0 Å². The number of halogens is 1. The van der Waals surface area contributed by atoms with Crippen molar-refractivity contribution in [3.63, 3.8) is 0 Å². The maximum atomic E-state index is 12.3. The van der Waals surface area contributed by atoms with Crippen LogP contribution < -0.4 is 9.64 Å². The van der Waals surface area contributed by atoms with E-state index in [0.717, 1.165) is 5.82 Å². The molecule has 0 atom stereocenters. The molecule has 1 aliphatic heterocycles. The number of carbonyl (C=O) groups is 1. The molecule has 0 spiro atoms. The summed E-state index contributed by atoms with van der Waals surface area (Å²) in [6.07, 6.45) is 1.74. The third-order valence-corrected chi connectivity index (χ3v) is 4.31. The normalized spacial score (nSPS) is 14.2. The zero-order valence-electron chi connectivity index (χ0n) is 13.9. The summed E-state index contributed by atoms with van der Waals surface area (Å²) >= 11 is 5.76. The van der Waals surface area contributed by atoms with E-state index >= 15 is 0 Å². The Morgan fingerprint density at radius 2 is 2.00 bits per heavy atom. The van der Waals surface area contributed by atoms with E-state index in [1.165, 1.54) is 18.2 Å². The van der Waals surface area contributed by atoms with Crippen molar-refractivity contribution >= 4 is 29.0 Å². The number of carbonyl (C=O) groups excluding carboxylic acids is 1. The van der Waals surface area contributed by atoms with Gasteiger partial charge in [0.1, 0.15) is 5.82 Å². The minimum Gasteiger partial charge on any atom is -0.477 e. The fourth-order valence-electron chi connectivity index (χ4n) is 2.71. The standard InChI is InChI=1S/C17H17ClN4O4/c18-13-4-5-15(14(11-13)22(24)25)26-12-17(23)21-9-7-20(8-10-21)16-3-1-2-6-19-16/h1-6,11H,7-10,12H2. The van der Waals surface area contributed by atoms with E-state index in [1.807, 2.05) is 18.2 Å². The van der Waals surface area contributed by atoms with Gasteiger partial charge in [-0.2, -0.15) is 0 Å². The second-order valence-corrected chi connectivity index (χ2v) is 6.15. The molecule has 1 aromatic heterocycles. The van der Waals surface area contributed by atoms with Crippen molar-refractivity contribution in [3.05, 3.63) is 57.7 Å². The van der Waals surface area contributed by atoms with Gasteiger partial charge in [0.05, 0.1) is 4.92 Å². The number of benzene rings is 1. The average Bonchev–Trinajstić information content (AvgIpc) is 2.67. The Morgan fingerprint density at radius 1 is 1.23 bits per heavy atom. The Bertz CT molecular complexity index is 795. The summed E-state index contributed by atoms with van der Waals surface area (Å²) in [5.41, 5.74) is -0.259. The summed E-state index contributed by atoms with van der Waals surface area (Å²) in [6.45, 7) is 2.17. The summed E-state index contributed by atoms with van der Waals surface area (Å²) < 4.78 is 5.36. The zero-order valence-corrected chi connectivity index (χ0v) is 14.6. The molecule has 2 heterocycles. The number of pyridine rings is 1. The first kappa shape index (κ1) is 17.9. The average molecular weight is 377 g/mol. The highest BCUT2D eigenvalue weighted by Crippen LogP contribution is 2.29. The van der Waals surface area contributed by atoms with E-state index < -0.39 is 4.92 Å². The van der Waals surface area contributed by atoms with Crippen LogP contribution in [0.25, 0.3) is 0 Å². The molecule has 9 heteroatoms. The predicted octanol–water partition coefficient (Wildman–Crippen LogP) is 2.37. The highest BCUT2D eigenvalue weighted by atomic mass is 35.5. The molecule has 0 N–H and O–H groups in total. The van der Waals surface area contributed by atoms with Crippen molar-refractivity contribution < 1.29 is 14.5 Å². The number of hydrogen-bond acceptors (Lipinski definition) is 6. The van der Waals surface area contributed by atoms with Crippen molar-refractivity contribution in [3.8, 4) is 5.75 Å². The van der Waals surface area contributed by atoms with Crippen LogP contribution in [0.4, 0.5) is 11.5 Å². The predicted molar refractivity (Wildman–Crippen MR) is 96.6 cm³/mol. The smallest absolute Gasteiger partial charge is 0.312 e. The molecule has 2 aromatic rings. The quantitative estimate of drug-likeness (QED) is 0.588. The van der Waals surface area contributed by atoms with E-state index in [9.17, 15) is 14.9 Å². The Labute approximate surface area is 155 Å². The molecule has 0 unspecified atom stereocenters. The molecular weight excluding hydrogens is 360 g/mol. The van der Waals surface area contributed by atoms with Gasteiger partial charge in [-0.25, -0.2) is 4.98 Å². The minimum absolute atomic E-state index is 0.0277. The lowest BCUT2D eigenvalue weighted by atomic mass is 10.3. The molecular formula is C17H17ClN4O4. The van der Waals surface area contributed by atoms with Crippen LogP contribution in [-0.4, -0.2) is 53.5 Å². The van der Waals surface area contributed by atoms with Crippen LogP contribution in [0.1, 0.15) is 0 Å². The lowest BCUT2D eigenvalue weighted by Crippen LogP contribution is -2.50. The van der Waals surface area contributed by atoms with Crippen molar-refractivity contribution in [2.45, 2.75) is 0 Å². The maximum Gasteiger partial charge on any atom is 0.312 e. The Balaban J connectivity index is 1.55. The van der Waals surface area contributed by atoms with Crippen LogP contribution in [0.2, 0.25) is 5.02 Å². The summed E-state index contributed by atoms with van der Waals surface area (Å²) in [5.74, 6) is 0.697. The van der Waals surface area contributed by atoms with Gasteiger partial charge < -0.3 is 14.5 Å². The van der Waals surface area contributed by atoms with Crippen LogP contribution in [-0.2, 0) is 4.79 Å². The summed E-state index contributed by atoms with van der Waals surface area (Å²) in [4.78, 5) is 30.9.